The quantitative estimate of drug-likeness (QED) is 0.151. The average Bonchev–Trinajstić information content (AvgIpc) is 4.14. The highest BCUT2D eigenvalue weighted by atomic mass is 15.0. The van der Waals surface area contributed by atoms with Gasteiger partial charge in [0.1, 0.15) is 11.5 Å². The molecule has 0 radical (unpaired) electrons. The van der Waals surface area contributed by atoms with Crippen LogP contribution >= 0.6 is 0 Å². The lowest BCUT2D eigenvalue weighted by atomic mass is 10.2. The Morgan fingerprint density at radius 3 is 1.51 bits per heavy atom. The summed E-state index contributed by atoms with van der Waals surface area (Å²) in [7, 11) is 0. The molecule has 0 bridgehead atoms. The number of hydrogen-bond donors (Lipinski definition) is 0. The standard InChI is InChI=1S/C11H13N.5C10H12N2/c1-8-7-11-6-4-5-9(2)12(11)10(8)3;1-7-4-11-6-12-5-8(2)9(3)10(7)12;1-7-4-10-6-11-5-8(2)12(10)9(7)3;1-7-6-12-5-4-11-9(3)10(12)8(7)2;1-7-6-10-4-5-11-9(3)12(10)8(7)2;1-7-6-10-11-5-4-8(2)12(10)9(7)3/h4-7H,1-3H3;5*4-6H,1-3H3. The lowest BCUT2D eigenvalue weighted by Crippen LogP contribution is -1.95. The minimum absolute atomic E-state index is 1.05. The molecule has 0 aliphatic heterocycles. The second-order valence-corrected chi connectivity index (χ2v) is 19.4. The van der Waals surface area contributed by atoms with Crippen LogP contribution in [0.25, 0.3) is 33.2 Å². The molecule has 12 heterocycles. The normalized spacial score (nSPS) is 10.9. The first-order chi connectivity index (χ1) is 34.2. The smallest absolute Gasteiger partial charge is 0.137 e. The van der Waals surface area contributed by atoms with Crippen molar-refractivity contribution in [3.63, 3.8) is 0 Å². The third-order valence-electron chi connectivity index (χ3n) is 14.3. The van der Waals surface area contributed by atoms with Crippen molar-refractivity contribution in [2.75, 3.05) is 0 Å². The van der Waals surface area contributed by atoms with Gasteiger partial charge in [-0.3, -0.25) is 9.97 Å². The fraction of sp³-hybridized carbons (Fsp3) is 0.295. The molecule has 12 aromatic rings. The molecule has 11 nitrogen and oxygen atoms in total. The van der Waals surface area contributed by atoms with Crippen molar-refractivity contribution in [2.45, 2.75) is 125 Å². The molecule has 372 valence electrons. The molecule has 0 aliphatic rings. The van der Waals surface area contributed by atoms with Crippen LogP contribution < -0.4 is 0 Å². The van der Waals surface area contributed by atoms with Crippen molar-refractivity contribution >= 4 is 33.2 Å². The van der Waals surface area contributed by atoms with Gasteiger partial charge in [-0.15, -0.1) is 0 Å². The summed E-state index contributed by atoms with van der Waals surface area (Å²) in [5.41, 5.74) is 29.3. The van der Waals surface area contributed by atoms with Gasteiger partial charge in [0.2, 0.25) is 0 Å². The van der Waals surface area contributed by atoms with Gasteiger partial charge in [0, 0.05) is 100 Å². The second-order valence-electron chi connectivity index (χ2n) is 19.4. The first-order valence-electron chi connectivity index (χ1n) is 24.7. The number of fused-ring (bicyclic) bond motifs is 6. The van der Waals surface area contributed by atoms with Gasteiger partial charge in [0.15, 0.2) is 0 Å². The SMILES string of the molecule is Cc1cc2cccc(C)n2c1C.Cc1cc2ccnc(C)n2c1C.Cc1cc2cncc(C)n2c1C.Cc1cc2nccc(C)n2c1C.Cc1cn2ccnc(C)c2c1C.Cc1cn2cncc(C)c2c1C. The Morgan fingerprint density at radius 1 is 0.375 bits per heavy atom. The van der Waals surface area contributed by atoms with Crippen molar-refractivity contribution in [2.24, 2.45) is 0 Å². The van der Waals surface area contributed by atoms with E-state index in [1.807, 2.05) is 75.7 Å². The molecule has 72 heavy (non-hydrogen) atoms. The summed E-state index contributed by atoms with van der Waals surface area (Å²) < 4.78 is 13.1. The Hall–Kier alpha value is -7.79. The minimum Gasteiger partial charge on any atom is -0.320 e. The zero-order valence-corrected chi connectivity index (χ0v) is 45.9. The Balaban J connectivity index is 0.000000127. The van der Waals surface area contributed by atoms with Crippen LogP contribution in [0.15, 0.2) is 117 Å². The summed E-state index contributed by atoms with van der Waals surface area (Å²) in [6, 6.07) is 19.1. The molecule has 0 saturated heterocycles. The number of aryl methyl sites for hydroxylation is 18. The average molecular weight is 960 g/mol. The van der Waals surface area contributed by atoms with Crippen molar-refractivity contribution in [3.05, 3.63) is 218 Å². The minimum atomic E-state index is 1.05. The van der Waals surface area contributed by atoms with Gasteiger partial charge in [0.25, 0.3) is 0 Å². The number of nitrogens with zero attached hydrogens (tertiary/aromatic N) is 11. The number of aromatic nitrogens is 11. The highest BCUT2D eigenvalue weighted by Crippen LogP contribution is 2.22. The lowest BCUT2D eigenvalue weighted by Gasteiger charge is -2.02. The lowest BCUT2D eigenvalue weighted by molar-refractivity contribution is 0.953. The topological polar surface area (TPSA) is 90.9 Å². The summed E-state index contributed by atoms with van der Waals surface area (Å²) in [5.74, 6) is 1.05. The molecule has 11 heteroatoms. The molecule has 0 N–H and O–H groups in total. The zero-order chi connectivity index (χ0) is 52.3. The molecule has 0 saturated carbocycles. The number of hydrogen-bond acceptors (Lipinski definition) is 5. The predicted molar refractivity (Wildman–Crippen MR) is 299 cm³/mol. The maximum Gasteiger partial charge on any atom is 0.137 e. The molecule has 0 aliphatic carbocycles. The van der Waals surface area contributed by atoms with Crippen LogP contribution in [0.2, 0.25) is 0 Å². The summed E-state index contributed by atoms with van der Waals surface area (Å²) in [4.78, 5) is 21.1. The van der Waals surface area contributed by atoms with Crippen molar-refractivity contribution in [1.29, 1.82) is 0 Å². The summed E-state index contributed by atoms with van der Waals surface area (Å²) >= 11 is 0. The van der Waals surface area contributed by atoms with Crippen LogP contribution in [0.3, 0.4) is 0 Å². The highest BCUT2D eigenvalue weighted by Gasteiger charge is 2.08. The third kappa shape index (κ3) is 10.6. The van der Waals surface area contributed by atoms with E-state index in [0.717, 1.165) is 17.2 Å². The van der Waals surface area contributed by atoms with Crippen molar-refractivity contribution in [1.82, 2.24) is 51.3 Å². The number of rotatable bonds is 0. The summed E-state index contributed by atoms with van der Waals surface area (Å²) in [5, 5.41) is 0. The molecule has 0 spiro atoms. The van der Waals surface area contributed by atoms with Gasteiger partial charge in [-0.05, 0) is 223 Å². The van der Waals surface area contributed by atoms with E-state index < -0.39 is 0 Å². The molecule has 0 unspecified atom stereocenters. The largest absolute Gasteiger partial charge is 0.320 e. The van der Waals surface area contributed by atoms with Gasteiger partial charge < -0.3 is 26.4 Å². The van der Waals surface area contributed by atoms with Crippen LogP contribution in [-0.2, 0) is 0 Å². The molecule has 0 aromatic carbocycles. The summed E-state index contributed by atoms with van der Waals surface area (Å²) in [6.45, 7) is 38.1. The monoisotopic (exact) mass is 960 g/mol. The van der Waals surface area contributed by atoms with E-state index in [2.05, 4.69) is 217 Å². The van der Waals surface area contributed by atoms with E-state index in [1.165, 1.54) is 118 Å². The molecule has 12 rings (SSSR count). The third-order valence-corrected chi connectivity index (χ3v) is 14.3. The maximum absolute atomic E-state index is 4.29. The summed E-state index contributed by atoms with van der Waals surface area (Å²) in [6.07, 6.45) is 19.3. The first-order valence-corrected chi connectivity index (χ1v) is 24.7. The van der Waals surface area contributed by atoms with Crippen molar-refractivity contribution < 1.29 is 0 Å². The van der Waals surface area contributed by atoms with Crippen LogP contribution in [0.4, 0.5) is 0 Å². The Bertz CT molecular complexity index is 3210. The van der Waals surface area contributed by atoms with E-state index in [4.69, 9.17) is 0 Å². The molecular weight excluding hydrogens is 887 g/mol. The number of pyridine rings is 1. The fourth-order valence-corrected chi connectivity index (χ4v) is 9.68. The predicted octanol–water partition coefficient (Wildman–Crippen LogP) is 14.2. The first kappa shape index (κ1) is 52.0. The van der Waals surface area contributed by atoms with Gasteiger partial charge >= 0.3 is 0 Å². The van der Waals surface area contributed by atoms with Crippen molar-refractivity contribution in [3.8, 4) is 0 Å². The zero-order valence-electron chi connectivity index (χ0n) is 45.9. The van der Waals surface area contributed by atoms with Crippen LogP contribution in [0.1, 0.15) is 101 Å². The Labute approximate surface area is 425 Å². The van der Waals surface area contributed by atoms with Crippen LogP contribution in [0, 0.1) is 125 Å². The van der Waals surface area contributed by atoms with E-state index in [9.17, 15) is 0 Å². The maximum atomic E-state index is 4.29. The molecule has 0 fully saturated rings. The molecule has 0 atom stereocenters. The molecule has 12 aromatic heterocycles. The Morgan fingerprint density at radius 2 is 0.917 bits per heavy atom. The fourth-order valence-electron chi connectivity index (χ4n) is 9.68. The second kappa shape index (κ2) is 21.7. The van der Waals surface area contributed by atoms with Gasteiger partial charge in [-0.1, -0.05) is 6.07 Å². The van der Waals surface area contributed by atoms with E-state index >= 15 is 0 Å². The van der Waals surface area contributed by atoms with E-state index in [-0.39, 0.29) is 0 Å². The highest BCUT2D eigenvalue weighted by molar-refractivity contribution is 5.63. The van der Waals surface area contributed by atoms with E-state index in [0.29, 0.717) is 0 Å². The van der Waals surface area contributed by atoms with Crippen LogP contribution in [0.5, 0.6) is 0 Å². The van der Waals surface area contributed by atoms with Gasteiger partial charge in [-0.2, -0.15) is 0 Å². The van der Waals surface area contributed by atoms with Crippen LogP contribution in [-0.4, -0.2) is 51.3 Å². The van der Waals surface area contributed by atoms with E-state index in [1.54, 1.807) is 0 Å². The van der Waals surface area contributed by atoms with Gasteiger partial charge in [-0.25, -0.2) is 15.0 Å². The molecule has 0 amide bonds. The molecular formula is C61H73N11. The Kier molecular flexibility index (Phi) is 15.7. The van der Waals surface area contributed by atoms with Gasteiger partial charge in [0.05, 0.1) is 34.8 Å².